The van der Waals surface area contributed by atoms with Crippen LogP contribution in [0.4, 0.5) is 0 Å². The first-order valence-electron chi connectivity index (χ1n) is 5.49. The average Bonchev–Trinajstić information content (AvgIpc) is 2.76. The summed E-state index contributed by atoms with van der Waals surface area (Å²) in [5.74, 6) is 0. The summed E-state index contributed by atoms with van der Waals surface area (Å²) in [6, 6.07) is 7.89. The van der Waals surface area contributed by atoms with Crippen molar-refractivity contribution < 1.29 is 5.11 Å². The Morgan fingerprint density at radius 2 is 2.25 bits per heavy atom. The first kappa shape index (κ1) is 10.9. The van der Waals surface area contributed by atoms with Gasteiger partial charge in [-0.1, -0.05) is 6.07 Å². The van der Waals surface area contributed by atoms with Crippen LogP contribution in [-0.4, -0.2) is 14.7 Å². The molecule has 0 aliphatic carbocycles. The predicted octanol–water partition coefficient (Wildman–Crippen LogP) is 2.18. The van der Waals surface area contributed by atoms with E-state index in [1.54, 1.807) is 6.92 Å². The molecule has 0 amide bonds. The van der Waals surface area contributed by atoms with E-state index in [1.165, 1.54) is 0 Å². The van der Waals surface area contributed by atoms with E-state index in [0.717, 1.165) is 24.2 Å². The lowest BCUT2D eigenvalue weighted by Gasteiger charge is -2.03. The van der Waals surface area contributed by atoms with Gasteiger partial charge in [0.2, 0.25) is 0 Å². The van der Waals surface area contributed by atoms with Crippen molar-refractivity contribution in [3.05, 3.63) is 54.1 Å². The van der Waals surface area contributed by atoms with Crippen LogP contribution in [-0.2, 0) is 13.0 Å². The number of aliphatic hydroxyl groups excluding tert-OH is 1. The SMILES string of the molecule is CC(O)c1ccn(CCc2ccccn2)c1. The van der Waals surface area contributed by atoms with Crippen LogP contribution >= 0.6 is 0 Å². The van der Waals surface area contributed by atoms with E-state index in [0.29, 0.717) is 0 Å². The molecule has 2 heterocycles. The number of aliphatic hydroxyl groups is 1. The maximum atomic E-state index is 9.40. The van der Waals surface area contributed by atoms with Crippen molar-refractivity contribution in [2.75, 3.05) is 0 Å². The number of pyridine rings is 1. The Hall–Kier alpha value is -1.61. The van der Waals surface area contributed by atoms with Gasteiger partial charge < -0.3 is 9.67 Å². The Morgan fingerprint density at radius 1 is 1.38 bits per heavy atom. The minimum absolute atomic E-state index is 0.392. The number of hydrogen-bond acceptors (Lipinski definition) is 2. The van der Waals surface area contributed by atoms with Gasteiger partial charge in [0.15, 0.2) is 0 Å². The van der Waals surface area contributed by atoms with E-state index in [1.807, 2.05) is 42.9 Å². The summed E-state index contributed by atoms with van der Waals surface area (Å²) in [5.41, 5.74) is 2.05. The molecule has 2 aromatic rings. The molecule has 0 saturated carbocycles. The van der Waals surface area contributed by atoms with Crippen LogP contribution in [0.3, 0.4) is 0 Å². The van der Waals surface area contributed by atoms with Crippen molar-refractivity contribution in [1.29, 1.82) is 0 Å². The maximum Gasteiger partial charge on any atom is 0.0776 e. The van der Waals surface area contributed by atoms with Gasteiger partial charge in [-0.3, -0.25) is 4.98 Å². The van der Waals surface area contributed by atoms with Crippen LogP contribution in [0.1, 0.15) is 24.3 Å². The summed E-state index contributed by atoms with van der Waals surface area (Å²) in [7, 11) is 0. The molecule has 16 heavy (non-hydrogen) atoms. The molecule has 1 atom stereocenters. The van der Waals surface area contributed by atoms with Crippen molar-refractivity contribution in [3.63, 3.8) is 0 Å². The summed E-state index contributed by atoms with van der Waals surface area (Å²) >= 11 is 0. The number of aryl methyl sites for hydroxylation is 2. The molecule has 3 heteroatoms. The molecule has 0 fully saturated rings. The molecular weight excluding hydrogens is 200 g/mol. The molecule has 0 aromatic carbocycles. The summed E-state index contributed by atoms with van der Waals surface area (Å²) in [5, 5.41) is 9.40. The number of hydrogen-bond donors (Lipinski definition) is 1. The second-order valence-electron chi connectivity index (χ2n) is 3.93. The van der Waals surface area contributed by atoms with E-state index in [9.17, 15) is 5.11 Å². The molecule has 0 spiro atoms. The largest absolute Gasteiger partial charge is 0.389 e. The van der Waals surface area contributed by atoms with Crippen molar-refractivity contribution in [1.82, 2.24) is 9.55 Å². The number of rotatable bonds is 4. The Balaban J connectivity index is 1.95. The summed E-state index contributed by atoms with van der Waals surface area (Å²) in [6.07, 6.45) is 6.30. The molecule has 3 nitrogen and oxygen atoms in total. The van der Waals surface area contributed by atoms with Gasteiger partial charge >= 0.3 is 0 Å². The zero-order valence-electron chi connectivity index (χ0n) is 9.37. The average molecular weight is 216 g/mol. The summed E-state index contributed by atoms with van der Waals surface area (Å²) in [6.45, 7) is 2.67. The summed E-state index contributed by atoms with van der Waals surface area (Å²) < 4.78 is 2.08. The molecule has 84 valence electrons. The fourth-order valence-electron chi connectivity index (χ4n) is 1.64. The van der Waals surface area contributed by atoms with Crippen molar-refractivity contribution in [2.45, 2.75) is 26.0 Å². The lowest BCUT2D eigenvalue weighted by atomic mass is 10.2. The Bertz CT molecular complexity index is 434. The van der Waals surface area contributed by atoms with Gasteiger partial charge in [0.1, 0.15) is 0 Å². The van der Waals surface area contributed by atoms with Crippen LogP contribution in [0.5, 0.6) is 0 Å². The normalized spacial score (nSPS) is 12.6. The van der Waals surface area contributed by atoms with Crippen LogP contribution in [0, 0.1) is 0 Å². The predicted molar refractivity (Wildman–Crippen MR) is 63.0 cm³/mol. The quantitative estimate of drug-likeness (QED) is 0.850. The van der Waals surface area contributed by atoms with E-state index < -0.39 is 6.10 Å². The van der Waals surface area contributed by atoms with Crippen molar-refractivity contribution >= 4 is 0 Å². The molecular formula is C13H16N2O. The third-order valence-electron chi connectivity index (χ3n) is 2.61. The van der Waals surface area contributed by atoms with Gasteiger partial charge in [0.05, 0.1) is 6.10 Å². The Kier molecular flexibility index (Phi) is 3.37. The first-order valence-corrected chi connectivity index (χ1v) is 5.49. The minimum Gasteiger partial charge on any atom is -0.389 e. The van der Waals surface area contributed by atoms with E-state index in [2.05, 4.69) is 9.55 Å². The maximum absolute atomic E-state index is 9.40. The Morgan fingerprint density at radius 3 is 2.88 bits per heavy atom. The molecule has 0 radical (unpaired) electrons. The lowest BCUT2D eigenvalue weighted by Crippen LogP contribution is -2.00. The van der Waals surface area contributed by atoms with Gasteiger partial charge in [-0.25, -0.2) is 0 Å². The highest BCUT2D eigenvalue weighted by atomic mass is 16.3. The number of aromatic nitrogens is 2. The van der Waals surface area contributed by atoms with E-state index in [4.69, 9.17) is 0 Å². The van der Waals surface area contributed by atoms with Gasteiger partial charge in [-0.2, -0.15) is 0 Å². The topological polar surface area (TPSA) is 38.0 Å². The fourth-order valence-corrected chi connectivity index (χ4v) is 1.64. The molecule has 0 saturated heterocycles. The Labute approximate surface area is 95.4 Å². The monoisotopic (exact) mass is 216 g/mol. The van der Waals surface area contributed by atoms with Gasteiger partial charge in [0.25, 0.3) is 0 Å². The first-order chi connectivity index (χ1) is 7.75. The van der Waals surface area contributed by atoms with E-state index >= 15 is 0 Å². The van der Waals surface area contributed by atoms with Crippen LogP contribution in [0.2, 0.25) is 0 Å². The van der Waals surface area contributed by atoms with Crippen molar-refractivity contribution in [3.8, 4) is 0 Å². The van der Waals surface area contributed by atoms with Crippen LogP contribution < -0.4 is 0 Å². The minimum atomic E-state index is -0.392. The van der Waals surface area contributed by atoms with Gasteiger partial charge in [-0.15, -0.1) is 0 Å². The molecule has 0 aliphatic heterocycles. The number of nitrogens with zero attached hydrogens (tertiary/aromatic N) is 2. The van der Waals surface area contributed by atoms with Gasteiger partial charge in [-0.05, 0) is 30.7 Å². The third-order valence-corrected chi connectivity index (χ3v) is 2.61. The molecule has 2 rings (SSSR count). The third kappa shape index (κ3) is 2.70. The van der Waals surface area contributed by atoms with E-state index in [-0.39, 0.29) is 0 Å². The molecule has 0 aliphatic rings. The molecule has 0 bridgehead atoms. The zero-order chi connectivity index (χ0) is 11.4. The summed E-state index contributed by atoms with van der Waals surface area (Å²) in [4.78, 5) is 4.27. The van der Waals surface area contributed by atoms with Crippen molar-refractivity contribution in [2.24, 2.45) is 0 Å². The van der Waals surface area contributed by atoms with Crippen LogP contribution in [0.25, 0.3) is 0 Å². The highest BCUT2D eigenvalue weighted by Gasteiger charge is 2.02. The highest BCUT2D eigenvalue weighted by molar-refractivity contribution is 5.13. The second-order valence-corrected chi connectivity index (χ2v) is 3.93. The molecule has 2 aromatic heterocycles. The second kappa shape index (κ2) is 4.94. The standard InChI is InChI=1S/C13H16N2O/c1-11(16)12-5-8-15(10-12)9-6-13-4-2-3-7-14-13/h2-5,7-8,10-11,16H,6,9H2,1H3. The molecule has 1 N–H and O–H groups in total. The smallest absolute Gasteiger partial charge is 0.0776 e. The lowest BCUT2D eigenvalue weighted by molar-refractivity contribution is 0.199. The molecule has 1 unspecified atom stereocenters. The van der Waals surface area contributed by atoms with Gasteiger partial charge in [0, 0.05) is 37.3 Å². The zero-order valence-corrected chi connectivity index (χ0v) is 9.37. The van der Waals surface area contributed by atoms with Crippen LogP contribution in [0.15, 0.2) is 42.9 Å². The fraction of sp³-hybridized carbons (Fsp3) is 0.308. The highest BCUT2D eigenvalue weighted by Crippen LogP contribution is 2.12.